The molecule has 31 heavy (non-hydrogen) atoms. The Kier molecular flexibility index (Phi) is 4.27. The second-order valence-corrected chi connectivity index (χ2v) is 10.2. The molecule has 0 fully saturated rings. The van der Waals surface area contributed by atoms with Crippen LogP contribution in [0.3, 0.4) is 0 Å². The molecular formula is C29H30N2. The number of pyridine rings is 1. The molecule has 5 rings (SSSR count). The van der Waals surface area contributed by atoms with Crippen LogP contribution in [0, 0.1) is 0 Å². The fraction of sp³-hybridized carbons (Fsp3) is 0.276. The summed E-state index contributed by atoms with van der Waals surface area (Å²) in [6.07, 6.45) is 1.96. The van der Waals surface area contributed by atoms with E-state index >= 15 is 0 Å². The predicted molar refractivity (Wildman–Crippen MR) is 133 cm³/mol. The highest BCUT2D eigenvalue weighted by atomic mass is 15.2. The van der Waals surface area contributed by atoms with Crippen LogP contribution in [0.2, 0.25) is 0 Å². The molecule has 1 aromatic heterocycles. The van der Waals surface area contributed by atoms with Crippen molar-refractivity contribution in [3.05, 3.63) is 84.1 Å². The van der Waals surface area contributed by atoms with Crippen LogP contribution in [-0.4, -0.2) is 12.0 Å². The van der Waals surface area contributed by atoms with Gasteiger partial charge in [-0.15, -0.1) is 0 Å². The Hall–Kier alpha value is -3.13. The van der Waals surface area contributed by atoms with Crippen molar-refractivity contribution in [3.8, 4) is 22.4 Å². The average molecular weight is 407 g/mol. The molecule has 2 heteroatoms. The van der Waals surface area contributed by atoms with E-state index in [1.54, 1.807) is 0 Å². The summed E-state index contributed by atoms with van der Waals surface area (Å²) in [5.74, 6) is 0. The van der Waals surface area contributed by atoms with Crippen molar-refractivity contribution in [2.24, 2.45) is 0 Å². The zero-order chi connectivity index (χ0) is 22.0. The molecule has 156 valence electrons. The maximum atomic E-state index is 4.94. The first-order chi connectivity index (χ1) is 14.7. The molecule has 2 heterocycles. The predicted octanol–water partition coefficient (Wildman–Crippen LogP) is 7.55. The Morgan fingerprint density at radius 2 is 1.55 bits per heavy atom. The maximum absolute atomic E-state index is 4.94. The molecule has 0 aliphatic carbocycles. The van der Waals surface area contributed by atoms with Gasteiger partial charge in [0.1, 0.15) is 0 Å². The Morgan fingerprint density at radius 1 is 0.839 bits per heavy atom. The lowest BCUT2D eigenvalue weighted by atomic mass is 9.79. The van der Waals surface area contributed by atoms with Gasteiger partial charge < -0.3 is 4.90 Å². The molecule has 4 aromatic rings. The van der Waals surface area contributed by atoms with Crippen molar-refractivity contribution in [1.82, 2.24) is 4.98 Å². The zero-order valence-corrected chi connectivity index (χ0v) is 19.3. The number of benzene rings is 3. The third-order valence-electron chi connectivity index (χ3n) is 6.92. The minimum atomic E-state index is -0.120. The van der Waals surface area contributed by atoms with Crippen LogP contribution in [0.1, 0.15) is 45.7 Å². The van der Waals surface area contributed by atoms with Gasteiger partial charge in [0.15, 0.2) is 0 Å². The summed E-state index contributed by atoms with van der Waals surface area (Å²) in [5.41, 5.74) is 8.65. The van der Waals surface area contributed by atoms with Crippen LogP contribution >= 0.6 is 0 Å². The van der Waals surface area contributed by atoms with E-state index in [-0.39, 0.29) is 11.0 Å². The normalized spacial score (nSPS) is 15.0. The molecule has 0 amide bonds. The molecule has 0 bridgehead atoms. The van der Waals surface area contributed by atoms with E-state index in [1.807, 2.05) is 6.20 Å². The summed E-state index contributed by atoms with van der Waals surface area (Å²) >= 11 is 0. The average Bonchev–Trinajstić information content (AvgIpc) is 2.76. The summed E-state index contributed by atoms with van der Waals surface area (Å²) in [4.78, 5) is 7.34. The van der Waals surface area contributed by atoms with Gasteiger partial charge in [0.2, 0.25) is 0 Å². The van der Waals surface area contributed by atoms with Gasteiger partial charge in [-0.2, -0.15) is 0 Å². The molecule has 0 saturated heterocycles. The van der Waals surface area contributed by atoms with E-state index in [9.17, 15) is 0 Å². The molecule has 0 saturated carbocycles. The van der Waals surface area contributed by atoms with Crippen LogP contribution in [0.25, 0.3) is 33.2 Å². The zero-order valence-electron chi connectivity index (χ0n) is 19.3. The highest BCUT2D eigenvalue weighted by molar-refractivity contribution is 5.97. The van der Waals surface area contributed by atoms with E-state index in [1.165, 1.54) is 44.3 Å². The van der Waals surface area contributed by atoms with Crippen molar-refractivity contribution in [2.75, 3.05) is 11.9 Å². The number of anilines is 1. The summed E-state index contributed by atoms with van der Waals surface area (Å²) < 4.78 is 0. The molecule has 0 atom stereocenters. The van der Waals surface area contributed by atoms with Crippen molar-refractivity contribution in [3.63, 3.8) is 0 Å². The molecule has 1 aliphatic heterocycles. The third-order valence-corrected chi connectivity index (χ3v) is 6.92. The number of nitrogens with zero attached hydrogens (tertiary/aromatic N) is 2. The Balaban J connectivity index is 1.84. The van der Waals surface area contributed by atoms with Gasteiger partial charge in [-0.25, -0.2) is 0 Å². The molecule has 1 aliphatic rings. The lowest BCUT2D eigenvalue weighted by Crippen LogP contribution is -2.42. The summed E-state index contributed by atoms with van der Waals surface area (Å²) in [6.45, 7) is 11.5. The van der Waals surface area contributed by atoms with Crippen LogP contribution in [0.4, 0.5) is 5.69 Å². The van der Waals surface area contributed by atoms with Crippen LogP contribution in [0.15, 0.2) is 72.9 Å². The fourth-order valence-electron chi connectivity index (χ4n) is 5.00. The Bertz CT molecular complexity index is 1310. The van der Waals surface area contributed by atoms with Crippen molar-refractivity contribution in [2.45, 2.75) is 45.6 Å². The highest BCUT2D eigenvalue weighted by Crippen LogP contribution is 2.50. The molecule has 2 nitrogen and oxygen atoms in total. The van der Waals surface area contributed by atoms with Crippen LogP contribution < -0.4 is 4.90 Å². The second-order valence-electron chi connectivity index (χ2n) is 10.2. The Morgan fingerprint density at radius 3 is 2.32 bits per heavy atom. The highest BCUT2D eigenvalue weighted by Gasteiger charge is 2.37. The van der Waals surface area contributed by atoms with E-state index in [0.717, 1.165) is 5.69 Å². The fourth-order valence-corrected chi connectivity index (χ4v) is 5.00. The maximum Gasteiger partial charge on any atom is 0.0942 e. The van der Waals surface area contributed by atoms with Crippen molar-refractivity contribution < 1.29 is 0 Å². The number of hydrogen-bond donors (Lipinski definition) is 0. The van der Waals surface area contributed by atoms with Crippen LogP contribution in [-0.2, 0) is 11.0 Å². The first-order valence-corrected chi connectivity index (χ1v) is 11.1. The number of aromatic nitrogens is 1. The summed E-state index contributed by atoms with van der Waals surface area (Å²) in [6, 6.07) is 24.3. The van der Waals surface area contributed by atoms with Gasteiger partial charge in [-0.05, 0) is 64.9 Å². The second kappa shape index (κ2) is 6.68. The minimum Gasteiger partial charge on any atom is -0.363 e. The van der Waals surface area contributed by atoms with E-state index < -0.39 is 0 Å². The van der Waals surface area contributed by atoms with Crippen LogP contribution in [0.5, 0.6) is 0 Å². The molecule has 0 radical (unpaired) electrons. The van der Waals surface area contributed by atoms with Gasteiger partial charge in [-0.1, -0.05) is 69.3 Å². The summed E-state index contributed by atoms with van der Waals surface area (Å²) in [7, 11) is 2.20. The van der Waals surface area contributed by atoms with E-state index in [4.69, 9.17) is 4.98 Å². The van der Waals surface area contributed by atoms with Gasteiger partial charge in [0.25, 0.3) is 0 Å². The molecular weight excluding hydrogens is 376 g/mol. The van der Waals surface area contributed by atoms with Crippen molar-refractivity contribution >= 4 is 16.5 Å². The first kappa shape index (κ1) is 19.8. The third kappa shape index (κ3) is 2.96. The molecule has 0 unspecified atom stereocenters. The topological polar surface area (TPSA) is 16.1 Å². The molecule has 0 N–H and O–H groups in total. The lowest BCUT2D eigenvalue weighted by Gasteiger charge is -2.44. The monoisotopic (exact) mass is 406 g/mol. The van der Waals surface area contributed by atoms with Gasteiger partial charge >= 0.3 is 0 Å². The smallest absolute Gasteiger partial charge is 0.0942 e. The van der Waals surface area contributed by atoms with Gasteiger partial charge in [0.05, 0.1) is 16.9 Å². The first-order valence-electron chi connectivity index (χ1n) is 11.1. The quantitative estimate of drug-likeness (QED) is 0.324. The SMILES string of the molecule is CN1c2c(ccnc2-c2cc(C(C)(C)C)c3ccccc3c2)-c2ccccc2C1(C)C. The molecule has 0 spiro atoms. The van der Waals surface area contributed by atoms with Gasteiger partial charge in [-0.3, -0.25) is 4.98 Å². The number of fused-ring (bicyclic) bond motifs is 4. The minimum absolute atomic E-state index is 0.0439. The van der Waals surface area contributed by atoms with E-state index in [2.05, 4.69) is 113 Å². The van der Waals surface area contributed by atoms with Crippen molar-refractivity contribution in [1.29, 1.82) is 0 Å². The largest absolute Gasteiger partial charge is 0.363 e. The Labute approximate surface area is 185 Å². The molecule has 3 aromatic carbocycles. The van der Waals surface area contributed by atoms with Gasteiger partial charge in [0, 0.05) is 24.4 Å². The number of hydrogen-bond acceptors (Lipinski definition) is 2. The van der Waals surface area contributed by atoms with E-state index in [0.29, 0.717) is 0 Å². The number of rotatable bonds is 1. The standard InChI is InChI=1S/C29H30N2/c1-28(2,3)25-18-20(17-19-11-7-8-12-21(19)25)26-27-23(15-16-30-26)22-13-9-10-14-24(22)29(4,5)31(27)6/h7-18H,1-6H3. The summed E-state index contributed by atoms with van der Waals surface area (Å²) in [5, 5.41) is 2.59. The lowest BCUT2D eigenvalue weighted by molar-refractivity contribution is 0.510.